The molecule has 2 N–H and O–H groups in total. The average molecular weight is 371 g/mol. The Morgan fingerprint density at radius 1 is 0.963 bits per heavy atom. The Morgan fingerprint density at radius 3 is 2.33 bits per heavy atom. The zero-order chi connectivity index (χ0) is 19.5. The van der Waals surface area contributed by atoms with E-state index in [2.05, 4.69) is 39.9 Å². The van der Waals surface area contributed by atoms with E-state index >= 15 is 0 Å². The van der Waals surface area contributed by atoms with Crippen molar-refractivity contribution >= 4 is 11.6 Å². The number of aliphatic imine (C=N–C) groups is 1. The SMILES string of the molecule is CCOCc1ccc(CNC(=NC)Nc2ccc(OCC)c(OC)c2)cc1. The van der Waals surface area contributed by atoms with Gasteiger partial charge in [-0.15, -0.1) is 0 Å². The summed E-state index contributed by atoms with van der Waals surface area (Å²) in [7, 11) is 3.37. The van der Waals surface area contributed by atoms with Gasteiger partial charge in [0.2, 0.25) is 0 Å². The van der Waals surface area contributed by atoms with Gasteiger partial charge in [0.15, 0.2) is 17.5 Å². The molecule has 0 aliphatic rings. The van der Waals surface area contributed by atoms with Gasteiger partial charge in [0, 0.05) is 32.0 Å². The number of benzene rings is 2. The summed E-state index contributed by atoms with van der Waals surface area (Å²) in [6.45, 7) is 6.57. The first-order chi connectivity index (χ1) is 13.2. The van der Waals surface area contributed by atoms with Crippen molar-refractivity contribution in [2.75, 3.05) is 32.7 Å². The van der Waals surface area contributed by atoms with Gasteiger partial charge >= 0.3 is 0 Å². The molecule has 0 aliphatic carbocycles. The lowest BCUT2D eigenvalue weighted by Crippen LogP contribution is -2.30. The smallest absolute Gasteiger partial charge is 0.195 e. The number of hydrogen-bond acceptors (Lipinski definition) is 4. The highest BCUT2D eigenvalue weighted by atomic mass is 16.5. The predicted octanol–water partition coefficient (Wildman–Crippen LogP) is 3.82. The van der Waals surface area contributed by atoms with E-state index in [0.717, 1.165) is 18.0 Å². The molecule has 6 heteroatoms. The van der Waals surface area contributed by atoms with Gasteiger partial charge in [0.1, 0.15) is 0 Å². The molecule has 146 valence electrons. The van der Waals surface area contributed by atoms with Gasteiger partial charge in [0.25, 0.3) is 0 Å². The van der Waals surface area contributed by atoms with Crippen LogP contribution in [0.25, 0.3) is 0 Å². The van der Waals surface area contributed by atoms with Gasteiger partial charge in [-0.25, -0.2) is 0 Å². The lowest BCUT2D eigenvalue weighted by atomic mass is 10.1. The van der Waals surface area contributed by atoms with Crippen LogP contribution in [0.4, 0.5) is 5.69 Å². The summed E-state index contributed by atoms with van der Waals surface area (Å²) in [6.07, 6.45) is 0. The number of nitrogens with zero attached hydrogens (tertiary/aromatic N) is 1. The quantitative estimate of drug-likeness (QED) is 0.518. The molecule has 2 aromatic carbocycles. The van der Waals surface area contributed by atoms with Crippen LogP contribution in [-0.2, 0) is 17.9 Å². The van der Waals surface area contributed by atoms with E-state index in [4.69, 9.17) is 14.2 Å². The molecule has 0 amide bonds. The molecule has 2 aromatic rings. The Hall–Kier alpha value is -2.73. The Kier molecular flexibility index (Phi) is 8.45. The second-order valence-electron chi connectivity index (χ2n) is 5.80. The summed E-state index contributed by atoms with van der Waals surface area (Å²) < 4.78 is 16.4. The summed E-state index contributed by atoms with van der Waals surface area (Å²) in [5, 5.41) is 6.58. The first-order valence-electron chi connectivity index (χ1n) is 9.14. The van der Waals surface area contributed by atoms with Crippen molar-refractivity contribution in [1.82, 2.24) is 5.32 Å². The van der Waals surface area contributed by atoms with Crippen LogP contribution in [0.1, 0.15) is 25.0 Å². The predicted molar refractivity (Wildman–Crippen MR) is 110 cm³/mol. The van der Waals surface area contributed by atoms with Gasteiger partial charge in [-0.2, -0.15) is 0 Å². The van der Waals surface area contributed by atoms with Crippen LogP contribution in [0, 0.1) is 0 Å². The average Bonchev–Trinajstić information content (AvgIpc) is 2.71. The van der Waals surface area contributed by atoms with Crippen molar-refractivity contribution in [3.05, 3.63) is 53.6 Å². The molecule has 2 rings (SSSR count). The van der Waals surface area contributed by atoms with Crippen LogP contribution in [0.3, 0.4) is 0 Å². The Morgan fingerprint density at radius 2 is 1.70 bits per heavy atom. The maximum absolute atomic E-state index is 5.55. The fourth-order valence-corrected chi connectivity index (χ4v) is 2.49. The molecule has 0 radical (unpaired) electrons. The summed E-state index contributed by atoms with van der Waals surface area (Å²) in [5.41, 5.74) is 3.21. The van der Waals surface area contributed by atoms with Crippen LogP contribution in [0.5, 0.6) is 11.5 Å². The van der Waals surface area contributed by atoms with Gasteiger partial charge in [-0.3, -0.25) is 4.99 Å². The number of anilines is 1. The van der Waals surface area contributed by atoms with Crippen molar-refractivity contribution in [1.29, 1.82) is 0 Å². The van der Waals surface area contributed by atoms with E-state index in [1.54, 1.807) is 14.2 Å². The Balaban J connectivity index is 1.94. The summed E-state index contributed by atoms with van der Waals surface area (Å²) in [4.78, 5) is 4.27. The number of methoxy groups -OCH3 is 1. The minimum atomic E-state index is 0.593. The second kappa shape index (κ2) is 11.1. The summed E-state index contributed by atoms with van der Waals surface area (Å²) in [6, 6.07) is 14.1. The van der Waals surface area contributed by atoms with Crippen LogP contribution in [0.2, 0.25) is 0 Å². The lowest BCUT2D eigenvalue weighted by Gasteiger charge is -2.15. The van der Waals surface area contributed by atoms with E-state index in [1.807, 2.05) is 32.0 Å². The molecule has 27 heavy (non-hydrogen) atoms. The van der Waals surface area contributed by atoms with Crippen LogP contribution in [0.15, 0.2) is 47.5 Å². The molecule has 0 bridgehead atoms. The molecule has 0 saturated heterocycles. The molecule has 0 fully saturated rings. The van der Waals surface area contributed by atoms with Crippen molar-refractivity contribution in [2.45, 2.75) is 27.0 Å². The lowest BCUT2D eigenvalue weighted by molar-refractivity contribution is 0.134. The molecular formula is C21H29N3O3. The molecule has 0 spiro atoms. The van der Waals surface area contributed by atoms with E-state index in [1.165, 1.54) is 11.1 Å². The summed E-state index contributed by atoms with van der Waals surface area (Å²) in [5.74, 6) is 2.09. The molecule has 6 nitrogen and oxygen atoms in total. The molecule has 0 aromatic heterocycles. The third-order valence-electron chi connectivity index (χ3n) is 3.91. The molecule has 0 saturated carbocycles. The van der Waals surface area contributed by atoms with E-state index in [-0.39, 0.29) is 0 Å². The van der Waals surface area contributed by atoms with Crippen molar-refractivity contribution in [3.63, 3.8) is 0 Å². The number of hydrogen-bond donors (Lipinski definition) is 2. The zero-order valence-electron chi connectivity index (χ0n) is 16.5. The topological polar surface area (TPSA) is 64.1 Å². The summed E-state index contributed by atoms with van der Waals surface area (Å²) >= 11 is 0. The monoisotopic (exact) mass is 371 g/mol. The van der Waals surface area contributed by atoms with E-state index < -0.39 is 0 Å². The highest BCUT2D eigenvalue weighted by Crippen LogP contribution is 2.30. The fraction of sp³-hybridized carbons (Fsp3) is 0.381. The highest BCUT2D eigenvalue weighted by Gasteiger charge is 2.07. The third-order valence-corrected chi connectivity index (χ3v) is 3.91. The number of nitrogens with one attached hydrogen (secondary N) is 2. The van der Waals surface area contributed by atoms with Gasteiger partial charge in [-0.1, -0.05) is 24.3 Å². The van der Waals surface area contributed by atoms with Gasteiger partial charge in [0.05, 0.1) is 20.3 Å². The number of guanidine groups is 1. The first-order valence-corrected chi connectivity index (χ1v) is 9.14. The molecule has 0 heterocycles. The van der Waals surface area contributed by atoms with Gasteiger partial charge in [-0.05, 0) is 37.1 Å². The molecule has 0 unspecified atom stereocenters. The third kappa shape index (κ3) is 6.49. The van der Waals surface area contributed by atoms with E-state index in [0.29, 0.717) is 31.5 Å². The van der Waals surface area contributed by atoms with Crippen molar-refractivity contribution < 1.29 is 14.2 Å². The molecular weight excluding hydrogens is 342 g/mol. The normalized spacial score (nSPS) is 11.2. The van der Waals surface area contributed by atoms with Crippen LogP contribution in [-0.4, -0.2) is 33.3 Å². The Labute approximate surface area is 161 Å². The highest BCUT2D eigenvalue weighted by molar-refractivity contribution is 5.93. The maximum Gasteiger partial charge on any atom is 0.195 e. The van der Waals surface area contributed by atoms with Crippen molar-refractivity contribution in [2.24, 2.45) is 4.99 Å². The zero-order valence-corrected chi connectivity index (χ0v) is 16.5. The number of rotatable bonds is 9. The minimum Gasteiger partial charge on any atom is -0.493 e. The maximum atomic E-state index is 5.55. The van der Waals surface area contributed by atoms with Crippen LogP contribution >= 0.6 is 0 Å². The Bertz CT molecular complexity index is 730. The van der Waals surface area contributed by atoms with Gasteiger partial charge < -0.3 is 24.8 Å². The van der Waals surface area contributed by atoms with Crippen molar-refractivity contribution in [3.8, 4) is 11.5 Å². The largest absolute Gasteiger partial charge is 0.493 e. The van der Waals surface area contributed by atoms with E-state index in [9.17, 15) is 0 Å². The first kappa shape index (κ1) is 20.6. The second-order valence-corrected chi connectivity index (χ2v) is 5.80. The standard InChI is InChI=1S/C21H29N3O3/c1-5-26-15-17-9-7-16(8-10-17)14-23-21(22-3)24-18-11-12-19(27-6-2)20(13-18)25-4/h7-13H,5-6,14-15H2,1-4H3,(H2,22,23,24). The number of ether oxygens (including phenoxy) is 3. The molecule has 0 atom stereocenters. The van der Waals surface area contributed by atoms with Crippen LogP contribution < -0.4 is 20.1 Å². The minimum absolute atomic E-state index is 0.593. The fourth-order valence-electron chi connectivity index (χ4n) is 2.49. The molecule has 0 aliphatic heterocycles.